The normalized spacial score (nSPS) is 14.3. The quantitative estimate of drug-likeness (QED) is 0.518. The zero-order valence-electron chi connectivity index (χ0n) is 14.5. The maximum Gasteiger partial charge on any atom is 0.227 e. The van der Waals surface area contributed by atoms with Crippen molar-refractivity contribution in [2.75, 3.05) is 0 Å². The minimum Gasteiger partial charge on any atom is -0.436 e. The van der Waals surface area contributed by atoms with Gasteiger partial charge in [-0.15, -0.1) is 0 Å². The molecule has 1 aliphatic carbocycles. The van der Waals surface area contributed by atoms with Gasteiger partial charge in [0.05, 0.1) is 0 Å². The summed E-state index contributed by atoms with van der Waals surface area (Å²) in [6.07, 6.45) is 7.82. The second-order valence-corrected chi connectivity index (χ2v) is 6.29. The minimum absolute atomic E-state index is 0.131. The molecule has 0 aliphatic heterocycles. The van der Waals surface area contributed by atoms with E-state index in [0.29, 0.717) is 30.2 Å². The summed E-state index contributed by atoms with van der Waals surface area (Å²) in [5.74, 6) is 0.703. The van der Waals surface area contributed by atoms with E-state index in [4.69, 9.17) is 4.42 Å². The minimum atomic E-state index is -0.278. The second-order valence-electron chi connectivity index (χ2n) is 6.29. The van der Waals surface area contributed by atoms with E-state index in [1.54, 1.807) is 18.2 Å². The lowest BCUT2D eigenvalue weighted by molar-refractivity contribution is 0.564. The number of hydrogen-bond donors (Lipinski definition) is 0. The maximum atomic E-state index is 13.4. The van der Waals surface area contributed by atoms with Crippen LogP contribution in [-0.4, -0.2) is 4.98 Å². The second kappa shape index (κ2) is 7.54. The lowest BCUT2D eigenvalue weighted by Crippen LogP contribution is -1.93. The first-order valence-electron chi connectivity index (χ1n) is 8.74. The number of aromatic nitrogens is 1. The van der Waals surface area contributed by atoms with Crippen LogP contribution < -0.4 is 0 Å². The van der Waals surface area contributed by atoms with E-state index in [1.165, 1.54) is 18.2 Å². The van der Waals surface area contributed by atoms with Crippen molar-refractivity contribution < 1.29 is 13.2 Å². The lowest BCUT2D eigenvalue weighted by atomic mass is 10.00. The fraction of sp³-hybridized carbons (Fsp3) is 0.0870. The standard InChI is InChI=1S/C23H17F2NO/c24-19-11-6-16(7-12-19)8-15-21-22(17-9-13-20(25)14-10-17)26-23(27-21)18-4-2-1-3-5-18/h1-9,11-13,15H,10,14H2/b15-8+. The third kappa shape index (κ3) is 3.95. The molecule has 0 bridgehead atoms. The van der Waals surface area contributed by atoms with Gasteiger partial charge in [-0.2, -0.15) is 0 Å². The molecule has 0 fully saturated rings. The molecule has 0 amide bonds. The summed E-state index contributed by atoms with van der Waals surface area (Å²) in [5, 5.41) is 0. The molecule has 1 aliphatic rings. The summed E-state index contributed by atoms with van der Waals surface area (Å²) < 4.78 is 32.5. The fourth-order valence-corrected chi connectivity index (χ4v) is 2.93. The van der Waals surface area contributed by atoms with Crippen LogP contribution in [0.5, 0.6) is 0 Å². The van der Waals surface area contributed by atoms with Gasteiger partial charge in [-0.25, -0.2) is 13.8 Å². The van der Waals surface area contributed by atoms with Gasteiger partial charge >= 0.3 is 0 Å². The molecule has 2 aromatic carbocycles. The molecule has 134 valence electrons. The Morgan fingerprint density at radius 3 is 2.33 bits per heavy atom. The monoisotopic (exact) mass is 361 g/mol. The molecule has 0 N–H and O–H groups in total. The Kier molecular flexibility index (Phi) is 4.79. The molecule has 4 heteroatoms. The van der Waals surface area contributed by atoms with E-state index < -0.39 is 0 Å². The van der Waals surface area contributed by atoms with Crippen molar-refractivity contribution in [2.45, 2.75) is 12.8 Å². The Labute approximate surface area is 156 Å². The lowest BCUT2D eigenvalue weighted by Gasteiger charge is -2.08. The topological polar surface area (TPSA) is 26.0 Å². The van der Waals surface area contributed by atoms with Crippen LogP contribution in [0.25, 0.3) is 29.2 Å². The van der Waals surface area contributed by atoms with Crippen molar-refractivity contribution in [3.8, 4) is 11.5 Å². The summed E-state index contributed by atoms with van der Waals surface area (Å²) in [6, 6.07) is 15.8. The van der Waals surface area contributed by atoms with Gasteiger partial charge in [0.1, 0.15) is 17.3 Å². The molecule has 3 aromatic rings. The highest BCUT2D eigenvalue weighted by Gasteiger charge is 2.18. The molecular formula is C23H17F2NO. The SMILES string of the molecule is FC1=CC=C(c2nc(-c3ccccc3)oc2/C=C/c2ccc(F)cc2)CC1. The Balaban J connectivity index is 1.74. The summed E-state index contributed by atoms with van der Waals surface area (Å²) in [6.45, 7) is 0. The molecule has 0 saturated heterocycles. The van der Waals surface area contributed by atoms with Crippen molar-refractivity contribution in [3.63, 3.8) is 0 Å². The van der Waals surface area contributed by atoms with E-state index in [9.17, 15) is 8.78 Å². The van der Waals surface area contributed by atoms with E-state index in [1.807, 2.05) is 42.5 Å². The van der Waals surface area contributed by atoms with Crippen molar-refractivity contribution in [1.82, 2.24) is 4.98 Å². The average Bonchev–Trinajstić information content (AvgIpc) is 3.13. The van der Waals surface area contributed by atoms with Gasteiger partial charge in [0, 0.05) is 12.0 Å². The van der Waals surface area contributed by atoms with Crippen LogP contribution >= 0.6 is 0 Å². The van der Waals surface area contributed by atoms with E-state index in [0.717, 1.165) is 16.7 Å². The number of benzene rings is 2. The molecule has 4 rings (SSSR count). The van der Waals surface area contributed by atoms with Crippen LogP contribution in [0.15, 0.2) is 77.0 Å². The van der Waals surface area contributed by atoms with E-state index in [2.05, 4.69) is 4.98 Å². The van der Waals surface area contributed by atoms with Crippen LogP contribution in [-0.2, 0) is 0 Å². The number of rotatable bonds is 4. The number of halogens is 2. The highest BCUT2D eigenvalue weighted by molar-refractivity contribution is 5.78. The summed E-state index contributed by atoms with van der Waals surface area (Å²) in [5.41, 5.74) is 3.36. The Hall–Kier alpha value is -3.27. The molecule has 1 aromatic heterocycles. The average molecular weight is 361 g/mol. The van der Waals surface area contributed by atoms with Gasteiger partial charge in [0.2, 0.25) is 5.89 Å². The zero-order valence-corrected chi connectivity index (χ0v) is 14.5. The predicted octanol–water partition coefficient (Wildman–Crippen LogP) is 6.68. The van der Waals surface area contributed by atoms with Gasteiger partial charge in [-0.1, -0.05) is 42.5 Å². The third-order valence-corrected chi connectivity index (χ3v) is 4.37. The molecule has 0 unspecified atom stereocenters. The van der Waals surface area contributed by atoms with E-state index in [-0.39, 0.29) is 11.6 Å². The summed E-state index contributed by atoms with van der Waals surface area (Å²) >= 11 is 0. The molecule has 0 atom stereocenters. The zero-order chi connectivity index (χ0) is 18.6. The summed E-state index contributed by atoms with van der Waals surface area (Å²) in [7, 11) is 0. The van der Waals surface area contributed by atoms with Gasteiger partial charge in [0.15, 0.2) is 5.76 Å². The van der Waals surface area contributed by atoms with Crippen LogP contribution in [0.4, 0.5) is 8.78 Å². The largest absolute Gasteiger partial charge is 0.436 e. The van der Waals surface area contributed by atoms with E-state index >= 15 is 0 Å². The van der Waals surface area contributed by atoms with Crippen molar-refractivity contribution in [3.05, 3.63) is 95.4 Å². The number of hydrogen-bond acceptors (Lipinski definition) is 2. The Morgan fingerprint density at radius 1 is 0.852 bits per heavy atom. The molecule has 1 heterocycles. The summed E-state index contributed by atoms with van der Waals surface area (Å²) in [4.78, 5) is 4.66. The van der Waals surface area contributed by atoms with Crippen molar-refractivity contribution in [2.24, 2.45) is 0 Å². The van der Waals surface area contributed by atoms with Crippen LogP contribution in [0.3, 0.4) is 0 Å². The first-order chi connectivity index (χ1) is 13.2. The smallest absolute Gasteiger partial charge is 0.227 e. The molecular weight excluding hydrogens is 344 g/mol. The number of nitrogens with zero attached hydrogens (tertiary/aromatic N) is 1. The number of allylic oxidation sites excluding steroid dienone is 4. The van der Waals surface area contributed by atoms with Crippen LogP contribution in [0.1, 0.15) is 29.9 Å². The van der Waals surface area contributed by atoms with Gasteiger partial charge in [0.25, 0.3) is 0 Å². The number of oxazole rings is 1. The van der Waals surface area contributed by atoms with Crippen molar-refractivity contribution >= 4 is 17.7 Å². The van der Waals surface area contributed by atoms with Crippen LogP contribution in [0, 0.1) is 5.82 Å². The van der Waals surface area contributed by atoms with Gasteiger partial charge < -0.3 is 4.42 Å². The Morgan fingerprint density at radius 2 is 1.63 bits per heavy atom. The third-order valence-electron chi connectivity index (χ3n) is 4.37. The van der Waals surface area contributed by atoms with Crippen LogP contribution in [0.2, 0.25) is 0 Å². The van der Waals surface area contributed by atoms with Crippen molar-refractivity contribution in [1.29, 1.82) is 0 Å². The highest BCUT2D eigenvalue weighted by atomic mass is 19.1. The highest BCUT2D eigenvalue weighted by Crippen LogP contribution is 2.33. The first-order valence-corrected chi connectivity index (χ1v) is 8.74. The maximum absolute atomic E-state index is 13.4. The molecule has 2 nitrogen and oxygen atoms in total. The fourth-order valence-electron chi connectivity index (χ4n) is 2.93. The first kappa shape index (κ1) is 17.2. The Bertz CT molecular complexity index is 1030. The predicted molar refractivity (Wildman–Crippen MR) is 104 cm³/mol. The molecule has 0 radical (unpaired) electrons. The molecule has 0 saturated carbocycles. The molecule has 27 heavy (non-hydrogen) atoms. The van der Waals surface area contributed by atoms with Gasteiger partial charge in [-0.3, -0.25) is 0 Å². The van der Waals surface area contributed by atoms with Gasteiger partial charge in [-0.05, 0) is 54.0 Å². The molecule has 0 spiro atoms.